The molecule has 3 aromatic rings. The highest BCUT2D eigenvalue weighted by Gasteiger charge is 2.25. The normalized spacial score (nSPS) is 12.9. The molecule has 1 aliphatic carbocycles. The molecule has 0 aliphatic heterocycles. The van der Waals surface area contributed by atoms with E-state index in [1.807, 2.05) is 0 Å². The molecule has 0 atom stereocenters. The van der Waals surface area contributed by atoms with Gasteiger partial charge in [0.25, 0.3) is 5.91 Å². The summed E-state index contributed by atoms with van der Waals surface area (Å²) >= 11 is 3.44. The van der Waals surface area contributed by atoms with E-state index >= 15 is 0 Å². The average molecular weight is 441 g/mol. The lowest BCUT2D eigenvalue weighted by atomic mass is 9.95. The summed E-state index contributed by atoms with van der Waals surface area (Å²) in [5.74, 6) is -0.499. The topological polar surface area (TPSA) is 67.4 Å². The lowest BCUT2D eigenvalue weighted by molar-refractivity contribution is 0.0600. The van der Waals surface area contributed by atoms with Crippen molar-refractivity contribution in [3.8, 4) is 0 Å². The van der Waals surface area contributed by atoms with Crippen LogP contribution in [0, 0.1) is 6.92 Å². The van der Waals surface area contributed by atoms with Gasteiger partial charge in [-0.2, -0.15) is 0 Å². The summed E-state index contributed by atoms with van der Waals surface area (Å²) in [5, 5.41) is 9.56. The number of anilines is 2. The van der Waals surface area contributed by atoms with Crippen LogP contribution in [0.5, 0.6) is 0 Å². The summed E-state index contributed by atoms with van der Waals surface area (Å²) in [6, 6.07) is 8.88. The number of hydrogen-bond donors (Lipinski definition) is 2. The van der Waals surface area contributed by atoms with Crippen molar-refractivity contribution >= 4 is 45.2 Å². The molecule has 0 saturated heterocycles. The second-order valence-corrected chi connectivity index (χ2v) is 9.42. The molecule has 4 rings (SSSR count). The second-order valence-electron chi connectivity index (χ2n) is 7.32. The zero-order valence-corrected chi connectivity index (χ0v) is 18.7. The van der Waals surface area contributed by atoms with Crippen LogP contribution in [0.15, 0.2) is 35.7 Å². The zero-order valence-electron chi connectivity index (χ0n) is 17.0. The molecule has 0 radical (unpaired) electrons. The van der Waals surface area contributed by atoms with Crippen molar-refractivity contribution in [3.05, 3.63) is 67.7 Å². The van der Waals surface area contributed by atoms with E-state index in [4.69, 9.17) is 4.74 Å². The molecule has 2 aromatic heterocycles. The molecule has 5 nitrogen and oxygen atoms in total. The van der Waals surface area contributed by atoms with Gasteiger partial charge in [-0.1, -0.05) is 0 Å². The Bertz CT molecular complexity index is 1070. The Balaban J connectivity index is 1.57. The van der Waals surface area contributed by atoms with Gasteiger partial charge in [0.1, 0.15) is 5.00 Å². The van der Waals surface area contributed by atoms with Crippen molar-refractivity contribution in [2.45, 2.75) is 39.2 Å². The Morgan fingerprint density at radius 1 is 1.10 bits per heavy atom. The van der Waals surface area contributed by atoms with Crippen LogP contribution in [-0.2, 0) is 24.1 Å². The molecule has 0 fully saturated rings. The summed E-state index contributed by atoms with van der Waals surface area (Å²) in [5.41, 5.74) is 4.33. The van der Waals surface area contributed by atoms with Crippen LogP contribution in [0.25, 0.3) is 0 Å². The van der Waals surface area contributed by atoms with E-state index in [1.165, 1.54) is 34.4 Å². The number of carbonyl (C=O) groups is 2. The average Bonchev–Trinajstić information content (AvgIpc) is 3.34. The first-order valence-electron chi connectivity index (χ1n) is 9.98. The van der Waals surface area contributed by atoms with Gasteiger partial charge in [0.05, 0.1) is 24.8 Å². The van der Waals surface area contributed by atoms with E-state index in [2.05, 4.69) is 29.0 Å². The lowest BCUT2D eigenvalue weighted by Gasteiger charge is -2.13. The highest BCUT2D eigenvalue weighted by molar-refractivity contribution is 7.16. The number of nitrogens with one attached hydrogen (secondary N) is 2. The minimum atomic E-state index is -0.393. The van der Waals surface area contributed by atoms with Crippen molar-refractivity contribution in [1.29, 1.82) is 0 Å². The number of amides is 1. The van der Waals surface area contributed by atoms with Crippen LogP contribution in [0.2, 0.25) is 0 Å². The van der Waals surface area contributed by atoms with Gasteiger partial charge in [-0.25, -0.2) is 4.79 Å². The van der Waals surface area contributed by atoms with Crippen LogP contribution in [0.4, 0.5) is 10.7 Å². The van der Waals surface area contributed by atoms with Gasteiger partial charge in [0.15, 0.2) is 0 Å². The fourth-order valence-electron chi connectivity index (χ4n) is 3.68. The van der Waals surface area contributed by atoms with E-state index in [9.17, 15) is 9.59 Å². The number of rotatable bonds is 6. The molecule has 1 aliphatic rings. The first kappa shape index (κ1) is 20.6. The van der Waals surface area contributed by atoms with Gasteiger partial charge in [-0.15, -0.1) is 22.7 Å². The molecular formula is C23H24N2O3S2. The van der Waals surface area contributed by atoms with E-state index in [0.29, 0.717) is 11.3 Å². The molecule has 1 amide bonds. The number of fused-ring (bicyclic) bond motifs is 1. The third-order valence-corrected chi connectivity index (χ3v) is 7.61. The maximum absolute atomic E-state index is 13.2. The summed E-state index contributed by atoms with van der Waals surface area (Å²) in [6.07, 6.45) is 4.26. The van der Waals surface area contributed by atoms with E-state index in [1.54, 1.807) is 46.9 Å². The number of thiophene rings is 2. The molecule has 0 saturated carbocycles. The number of esters is 1. The van der Waals surface area contributed by atoms with E-state index in [-0.39, 0.29) is 5.91 Å². The number of methoxy groups -OCH3 is 1. The Kier molecular flexibility index (Phi) is 6.20. The van der Waals surface area contributed by atoms with Crippen molar-refractivity contribution in [2.24, 2.45) is 0 Å². The number of aryl methyl sites for hydroxylation is 2. The molecule has 1 aromatic carbocycles. The summed E-state index contributed by atoms with van der Waals surface area (Å²) in [6.45, 7) is 2.83. The summed E-state index contributed by atoms with van der Waals surface area (Å²) < 4.78 is 4.73. The second kappa shape index (κ2) is 9.02. The highest BCUT2D eigenvalue weighted by atomic mass is 32.1. The number of ether oxygens (including phenoxy) is 1. The Hall–Kier alpha value is -2.64. The minimum absolute atomic E-state index is 0.106. The molecule has 2 heterocycles. The molecule has 156 valence electrons. The molecule has 7 heteroatoms. The minimum Gasteiger partial charge on any atom is -0.465 e. The Labute approximate surface area is 184 Å². The third-order valence-electron chi connectivity index (χ3n) is 5.34. The summed E-state index contributed by atoms with van der Waals surface area (Å²) in [4.78, 5) is 27.5. The van der Waals surface area contributed by atoms with Crippen LogP contribution in [-0.4, -0.2) is 19.0 Å². The Morgan fingerprint density at radius 3 is 2.57 bits per heavy atom. The van der Waals surface area contributed by atoms with Gasteiger partial charge >= 0.3 is 5.97 Å². The van der Waals surface area contributed by atoms with Crippen LogP contribution >= 0.6 is 22.7 Å². The molecule has 30 heavy (non-hydrogen) atoms. The fourth-order valence-corrected chi connectivity index (χ4v) is 5.81. The predicted molar refractivity (Wildman–Crippen MR) is 123 cm³/mol. The van der Waals surface area contributed by atoms with Crippen LogP contribution < -0.4 is 10.6 Å². The number of hydrogen-bond acceptors (Lipinski definition) is 6. The van der Waals surface area contributed by atoms with Gasteiger partial charge in [0.2, 0.25) is 0 Å². The fraction of sp³-hybridized carbons (Fsp3) is 0.304. The molecule has 0 bridgehead atoms. The van der Waals surface area contributed by atoms with Gasteiger partial charge in [0, 0.05) is 15.4 Å². The number of carbonyl (C=O) groups excluding carboxylic acids is 2. The monoisotopic (exact) mass is 440 g/mol. The smallest absolute Gasteiger partial charge is 0.337 e. The SMILES string of the molecule is COC(=O)c1ccc(NC(=O)c2c(NCc3sccc3C)sc3c2CCCC3)cc1. The van der Waals surface area contributed by atoms with Crippen molar-refractivity contribution < 1.29 is 14.3 Å². The van der Waals surface area contributed by atoms with Crippen LogP contribution in [0.3, 0.4) is 0 Å². The lowest BCUT2D eigenvalue weighted by Crippen LogP contribution is -2.16. The molecule has 0 unspecified atom stereocenters. The summed E-state index contributed by atoms with van der Waals surface area (Å²) in [7, 11) is 1.35. The highest BCUT2D eigenvalue weighted by Crippen LogP contribution is 2.39. The largest absolute Gasteiger partial charge is 0.465 e. The third kappa shape index (κ3) is 4.27. The first-order chi connectivity index (χ1) is 14.6. The predicted octanol–water partition coefficient (Wildman–Crippen LogP) is 5.65. The quantitative estimate of drug-likeness (QED) is 0.486. The van der Waals surface area contributed by atoms with Crippen LogP contribution in [0.1, 0.15) is 54.4 Å². The van der Waals surface area contributed by atoms with Crippen molar-refractivity contribution in [1.82, 2.24) is 0 Å². The van der Waals surface area contributed by atoms with Crippen molar-refractivity contribution in [3.63, 3.8) is 0 Å². The van der Waals surface area contributed by atoms with Gasteiger partial charge in [-0.3, -0.25) is 4.79 Å². The maximum atomic E-state index is 13.2. The van der Waals surface area contributed by atoms with Crippen molar-refractivity contribution in [2.75, 3.05) is 17.7 Å². The van der Waals surface area contributed by atoms with E-state index in [0.717, 1.165) is 36.4 Å². The van der Waals surface area contributed by atoms with Gasteiger partial charge in [-0.05, 0) is 79.4 Å². The first-order valence-corrected chi connectivity index (χ1v) is 11.7. The van der Waals surface area contributed by atoms with Gasteiger partial charge < -0.3 is 15.4 Å². The Morgan fingerprint density at radius 2 is 1.87 bits per heavy atom. The molecular weight excluding hydrogens is 416 g/mol. The van der Waals surface area contributed by atoms with E-state index < -0.39 is 5.97 Å². The standard InChI is InChI=1S/C23H24N2O3S2/c1-14-11-12-29-19(14)13-24-22-20(17-5-3-4-6-18(17)30-22)21(26)25-16-9-7-15(8-10-16)23(27)28-2/h7-12,24H,3-6,13H2,1-2H3,(H,25,26). The zero-order chi connectivity index (χ0) is 21.1. The molecule has 2 N–H and O–H groups in total. The molecule has 0 spiro atoms. The number of benzene rings is 1. The maximum Gasteiger partial charge on any atom is 0.337 e.